The molecule has 14 heavy (non-hydrogen) atoms. The molecule has 1 atom stereocenters. The molecule has 0 bridgehead atoms. The van der Waals surface area contributed by atoms with E-state index in [1.165, 1.54) is 31.4 Å². The van der Waals surface area contributed by atoms with E-state index in [4.69, 9.17) is 5.73 Å². The van der Waals surface area contributed by atoms with Gasteiger partial charge in [-0.1, -0.05) is 20.3 Å². The molecular formula is C12H24N2. The molecule has 2 aliphatic rings. The maximum absolute atomic E-state index is 5.94. The molecule has 0 radical (unpaired) electrons. The van der Waals surface area contributed by atoms with Crippen molar-refractivity contribution >= 4 is 0 Å². The third kappa shape index (κ3) is 2.50. The van der Waals surface area contributed by atoms with Crippen molar-refractivity contribution in [1.29, 1.82) is 0 Å². The summed E-state index contributed by atoms with van der Waals surface area (Å²) in [6.07, 6.45) is 5.25. The lowest BCUT2D eigenvalue weighted by atomic mass is 9.92. The summed E-state index contributed by atoms with van der Waals surface area (Å²) in [6, 6.07) is 0.766. The van der Waals surface area contributed by atoms with Crippen LogP contribution >= 0.6 is 0 Å². The summed E-state index contributed by atoms with van der Waals surface area (Å²) in [6.45, 7) is 8.58. The monoisotopic (exact) mass is 196 g/mol. The Labute approximate surface area is 88.2 Å². The Morgan fingerprint density at radius 1 is 1.29 bits per heavy atom. The maximum atomic E-state index is 5.94. The van der Waals surface area contributed by atoms with Gasteiger partial charge in [0.1, 0.15) is 0 Å². The topological polar surface area (TPSA) is 29.3 Å². The number of nitrogens with zero attached hydrogens (tertiary/aromatic N) is 1. The van der Waals surface area contributed by atoms with Gasteiger partial charge < -0.3 is 5.73 Å². The van der Waals surface area contributed by atoms with Crippen LogP contribution in [0.2, 0.25) is 0 Å². The first-order valence-electron chi connectivity index (χ1n) is 5.95. The van der Waals surface area contributed by atoms with Crippen molar-refractivity contribution < 1.29 is 0 Å². The molecule has 1 fully saturated rings. The van der Waals surface area contributed by atoms with Crippen LogP contribution in [-0.2, 0) is 0 Å². The van der Waals surface area contributed by atoms with E-state index in [2.05, 4.69) is 11.8 Å². The fraction of sp³-hybridized carbons (Fsp3) is 0.833. The van der Waals surface area contributed by atoms with E-state index < -0.39 is 0 Å². The van der Waals surface area contributed by atoms with Crippen LogP contribution < -0.4 is 5.73 Å². The third-order valence-corrected chi connectivity index (χ3v) is 3.19. The summed E-state index contributed by atoms with van der Waals surface area (Å²) in [7, 11) is 0. The molecule has 2 heteroatoms. The van der Waals surface area contributed by atoms with Crippen LogP contribution in [0, 0.1) is 0 Å². The zero-order valence-electron chi connectivity index (χ0n) is 9.84. The normalized spacial score (nSPS) is 27.8. The molecule has 0 amide bonds. The second-order valence-corrected chi connectivity index (χ2v) is 4.13. The van der Waals surface area contributed by atoms with E-state index in [0.29, 0.717) is 0 Å². The van der Waals surface area contributed by atoms with Gasteiger partial charge in [0.25, 0.3) is 0 Å². The molecule has 1 unspecified atom stereocenters. The van der Waals surface area contributed by atoms with Gasteiger partial charge in [-0.2, -0.15) is 0 Å². The summed E-state index contributed by atoms with van der Waals surface area (Å²) in [5.41, 5.74) is 8.49. The number of hydrogen-bond donors (Lipinski definition) is 1. The molecule has 0 aromatic heterocycles. The Balaban J connectivity index is 0.000000461. The Morgan fingerprint density at radius 3 is 2.71 bits per heavy atom. The summed E-state index contributed by atoms with van der Waals surface area (Å²) in [5, 5.41) is 0. The summed E-state index contributed by atoms with van der Waals surface area (Å²) in [4.78, 5) is 2.59. The van der Waals surface area contributed by atoms with Crippen LogP contribution in [0.5, 0.6) is 0 Å². The Morgan fingerprint density at radius 2 is 2.00 bits per heavy atom. The smallest absolute Gasteiger partial charge is 0.0213 e. The Kier molecular flexibility index (Phi) is 4.46. The molecular weight excluding hydrogens is 172 g/mol. The molecule has 82 valence electrons. The number of piperidine rings is 1. The van der Waals surface area contributed by atoms with Crippen LogP contribution in [-0.4, -0.2) is 24.0 Å². The zero-order chi connectivity index (χ0) is 10.6. The van der Waals surface area contributed by atoms with Crippen LogP contribution in [0.3, 0.4) is 0 Å². The Bertz CT molecular complexity index is 186. The van der Waals surface area contributed by atoms with Gasteiger partial charge in [0.05, 0.1) is 0 Å². The van der Waals surface area contributed by atoms with Crippen LogP contribution in [0.4, 0.5) is 0 Å². The molecule has 0 spiro atoms. The van der Waals surface area contributed by atoms with Gasteiger partial charge in [0, 0.05) is 24.7 Å². The first kappa shape index (κ1) is 11.6. The van der Waals surface area contributed by atoms with Gasteiger partial charge in [-0.3, -0.25) is 4.90 Å². The fourth-order valence-corrected chi connectivity index (χ4v) is 2.33. The van der Waals surface area contributed by atoms with Crippen molar-refractivity contribution in [2.45, 2.75) is 52.5 Å². The molecule has 0 saturated carbocycles. The molecule has 1 saturated heterocycles. The first-order valence-corrected chi connectivity index (χ1v) is 5.95. The molecule has 0 aliphatic carbocycles. The molecule has 0 aromatic rings. The SMILES string of the molecule is CC.CC1=C(N)CC2CCCCN2C1. The highest BCUT2D eigenvalue weighted by Crippen LogP contribution is 2.27. The average Bonchev–Trinajstić information content (AvgIpc) is 2.23. The van der Waals surface area contributed by atoms with Crippen molar-refractivity contribution in [1.82, 2.24) is 4.90 Å². The van der Waals surface area contributed by atoms with E-state index in [1.54, 1.807) is 0 Å². The van der Waals surface area contributed by atoms with E-state index in [1.807, 2.05) is 13.8 Å². The zero-order valence-corrected chi connectivity index (χ0v) is 9.84. The van der Waals surface area contributed by atoms with E-state index >= 15 is 0 Å². The van der Waals surface area contributed by atoms with Crippen molar-refractivity contribution in [2.75, 3.05) is 13.1 Å². The summed E-state index contributed by atoms with van der Waals surface area (Å²) in [5.74, 6) is 0. The van der Waals surface area contributed by atoms with E-state index in [0.717, 1.165) is 24.7 Å². The van der Waals surface area contributed by atoms with Crippen molar-refractivity contribution in [3.05, 3.63) is 11.3 Å². The maximum Gasteiger partial charge on any atom is 0.0213 e. The second kappa shape index (κ2) is 5.40. The lowest BCUT2D eigenvalue weighted by Crippen LogP contribution is -2.44. The minimum Gasteiger partial charge on any atom is -0.402 e. The number of nitrogens with two attached hydrogens (primary N) is 1. The summed E-state index contributed by atoms with van der Waals surface area (Å²) >= 11 is 0. The predicted molar refractivity (Wildman–Crippen MR) is 62.1 cm³/mol. The molecule has 2 rings (SSSR count). The lowest BCUT2D eigenvalue weighted by Gasteiger charge is -2.39. The quantitative estimate of drug-likeness (QED) is 0.645. The molecule has 2 aliphatic heterocycles. The van der Waals surface area contributed by atoms with Crippen LogP contribution in [0.25, 0.3) is 0 Å². The highest BCUT2D eigenvalue weighted by atomic mass is 15.2. The van der Waals surface area contributed by atoms with Gasteiger partial charge in [0.2, 0.25) is 0 Å². The predicted octanol–water partition coefficient (Wildman–Crippen LogP) is 2.50. The molecule has 2 N–H and O–H groups in total. The van der Waals surface area contributed by atoms with E-state index in [9.17, 15) is 0 Å². The number of fused-ring (bicyclic) bond motifs is 1. The highest BCUT2D eigenvalue weighted by molar-refractivity contribution is 5.16. The molecule has 2 nitrogen and oxygen atoms in total. The van der Waals surface area contributed by atoms with Gasteiger partial charge in [-0.25, -0.2) is 0 Å². The Hall–Kier alpha value is -0.500. The van der Waals surface area contributed by atoms with Gasteiger partial charge in [-0.05, 0) is 31.9 Å². The van der Waals surface area contributed by atoms with E-state index in [-0.39, 0.29) is 0 Å². The average molecular weight is 196 g/mol. The standard InChI is InChI=1S/C10H18N2.C2H6/c1-8-7-12-5-3-2-4-9(12)6-10(8)11;1-2/h9H,2-7,11H2,1H3;1-2H3. The van der Waals surface area contributed by atoms with Crippen molar-refractivity contribution in [3.63, 3.8) is 0 Å². The number of hydrogen-bond acceptors (Lipinski definition) is 2. The number of rotatable bonds is 0. The fourth-order valence-electron chi connectivity index (χ4n) is 2.33. The molecule has 2 heterocycles. The van der Waals surface area contributed by atoms with Crippen LogP contribution in [0.15, 0.2) is 11.3 Å². The van der Waals surface area contributed by atoms with Gasteiger partial charge >= 0.3 is 0 Å². The minimum atomic E-state index is 0.766. The highest BCUT2D eigenvalue weighted by Gasteiger charge is 2.26. The third-order valence-electron chi connectivity index (χ3n) is 3.19. The summed E-state index contributed by atoms with van der Waals surface area (Å²) < 4.78 is 0. The first-order chi connectivity index (χ1) is 6.77. The second-order valence-electron chi connectivity index (χ2n) is 4.13. The largest absolute Gasteiger partial charge is 0.402 e. The lowest BCUT2D eigenvalue weighted by molar-refractivity contribution is 0.149. The van der Waals surface area contributed by atoms with Crippen LogP contribution in [0.1, 0.15) is 46.5 Å². The minimum absolute atomic E-state index is 0.766. The van der Waals surface area contributed by atoms with Crippen molar-refractivity contribution in [3.8, 4) is 0 Å². The van der Waals surface area contributed by atoms with Gasteiger partial charge in [-0.15, -0.1) is 0 Å². The van der Waals surface area contributed by atoms with Crippen molar-refractivity contribution in [2.24, 2.45) is 5.73 Å². The van der Waals surface area contributed by atoms with Gasteiger partial charge in [0.15, 0.2) is 0 Å². The molecule has 0 aromatic carbocycles.